The third-order valence-corrected chi connectivity index (χ3v) is 6.23. The highest BCUT2D eigenvalue weighted by Crippen LogP contribution is 2.19. The number of carbonyl (C=O) groups is 2. The first-order valence-electron chi connectivity index (χ1n) is 8.15. The minimum absolute atomic E-state index is 0.0171. The van der Waals surface area contributed by atoms with Crippen molar-refractivity contribution in [1.29, 1.82) is 0 Å². The summed E-state index contributed by atoms with van der Waals surface area (Å²) in [7, 11) is -3.75. The van der Waals surface area contributed by atoms with Crippen molar-refractivity contribution in [3.8, 4) is 0 Å². The lowest BCUT2D eigenvalue weighted by molar-refractivity contribution is -0.122. The summed E-state index contributed by atoms with van der Waals surface area (Å²) in [5, 5.41) is 2.59. The van der Waals surface area contributed by atoms with Gasteiger partial charge in [-0.25, -0.2) is 8.42 Å². The number of amides is 2. The summed E-state index contributed by atoms with van der Waals surface area (Å²) in [4.78, 5) is 25.8. The van der Waals surface area contributed by atoms with E-state index in [0.717, 1.165) is 4.31 Å². The van der Waals surface area contributed by atoms with E-state index in [0.29, 0.717) is 31.9 Å². The highest BCUT2D eigenvalue weighted by molar-refractivity contribution is 7.89. The zero-order valence-electron chi connectivity index (χ0n) is 14.0. The SMILES string of the molecule is CC1COCCN1C(=O)c1ccc(S(=O)(=O)N2CCNC(=O)C2)cc1. The normalized spacial score (nSPS) is 22.5. The van der Waals surface area contributed by atoms with Gasteiger partial charge in [0.05, 0.1) is 30.7 Å². The fraction of sp³-hybridized carbons (Fsp3) is 0.500. The number of hydrogen-bond acceptors (Lipinski definition) is 5. The van der Waals surface area contributed by atoms with E-state index in [1.54, 1.807) is 4.90 Å². The van der Waals surface area contributed by atoms with Crippen LogP contribution >= 0.6 is 0 Å². The molecule has 2 amide bonds. The van der Waals surface area contributed by atoms with Crippen molar-refractivity contribution < 1.29 is 22.7 Å². The number of carbonyl (C=O) groups excluding carboxylic acids is 2. The zero-order valence-corrected chi connectivity index (χ0v) is 14.8. The average molecular weight is 367 g/mol. The Hall–Kier alpha value is -1.97. The van der Waals surface area contributed by atoms with Crippen molar-refractivity contribution in [1.82, 2.24) is 14.5 Å². The van der Waals surface area contributed by atoms with Crippen LogP contribution in [0.3, 0.4) is 0 Å². The van der Waals surface area contributed by atoms with Crippen molar-refractivity contribution in [2.24, 2.45) is 0 Å². The van der Waals surface area contributed by atoms with E-state index in [1.165, 1.54) is 24.3 Å². The van der Waals surface area contributed by atoms with Crippen molar-refractivity contribution in [3.63, 3.8) is 0 Å². The molecular weight excluding hydrogens is 346 g/mol. The molecule has 0 bridgehead atoms. The summed E-state index contributed by atoms with van der Waals surface area (Å²) < 4.78 is 31.7. The van der Waals surface area contributed by atoms with Gasteiger partial charge >= 0.3 is 0 Å². The van der Waals surface area contributed by atoms with E-state index in [4.69, 9.17) is 4.74 Å². The van der Waals surface area contributed by atoms with Gasteiger partial charge in [0, 0.05) is 25.2 Å². The van der Waals surface area contributed by atoms with Gasteiger partial charge in [0.25, 0.3) is 5.91 Å². The van der Waals surface area contributed by atoms with Gasteiger partial charge in [-0.1, -0.05) is 0 Å². The Bertz CT molecular complexity index is 762. The number of hydrogen-bond donors (Lipinski definition) is 1. The standard InChI is InChI=1S/C16H21N3O5S/c1-12-11-24-9-8-19(12)16(21)13-2-4-14(5-3-13)25(22,23)18-7-6-17-15(20)10-18/h2-5,12H,6-11H2,1H3,(H,17,20). The van der Waals surface area contributed by atoms with Crippen LogP contribution in [-0.4, -0.2) is 74.9 Å². The predicted molar refractivity (Wildman–Crippen MR) is 89.5 cm³/mol. The van der Waals surface area contributed by atoms with Crippen molar-refractivity contribution in [2.75, 3.05) is 39.4 Å². The van der Waals surface area contributed by atoms with Gasteiger partial charge < -0.3 is 15.0 Å². The van der Waals surface area contributed by atoms with Crippen LogP contribution in [-0.2, 0) is 19.6 Å². The molecule has 0 aliphatic carbocycles. The second-order valence-electron chi connectivity index (χ2n) is 6.14. The maximum atomic E-state index is 12.6. The smallest absolute Gasteiger partial charge is 0.254 e. The van der Waals surface area contributed by atoms with Crippen molar-refractivity contribution in [3.05, 3.63) is 29.8 Å². The fourth-order valence-corrected chi connectivity index (χ4v) is 4.33. The number of sulfonamides is 1. The highest BCUT2D eigenvalue weighted by atomic mass is 32.2. The maximum Gasteiger partial charge on any atom is 0.254 e. The third-order valence-electron chi connectivity index (χ3n) is 4.37. The first kappa shape index (κ1) is 17.8. The monoisotopic (exact) mass is 367 g/mol. The second-order valence-corrected chi connectivity index (χ2v) is 8.07. The van der Waals surface area contributed by atoms with Crippen LogP contribution in [0.4, 0.5) is 0 Å². The molecule has 1 N–H and O–H groups in total. The molecule has 1 unspecified atom stereocenters. The van der Waals surface area contributed by atoms with Crippen LogP contribution < -0.4 is 5.32 Å². The van der Waals surface area contributed by atoms with Crippen LogP contribution in [0.15, 0.2) is 29.2 Å². The lowest BCUT2D eigenvalue weighted by Gasteiger charge is -2.33. The molecule has 9 heteroatoms. The van der Waals surface area contributed by atoms with Gasteiger partial charge in [0.2, 0.25) is 15.9 Å². The molecule has 25 heavy (non-hydrogen) atoms. The lowest BCUT2D eigenvalue weighted by Crippen LogP contribution is -2.49. The molecule has 0 spiro atoms. The number of benzene rings is 1. The Morgan fingerprint density at radius 3 is 2.60 bits per heavy atom. The van der Waals surface area contributed by atoms with Crippen molar-refractivity contribution >= 4 is 21.8 Å². The predicted octanol–water partition coefficient (Wildman–Crippen LogP) is -0.332. The average Bonchev–Trinajstić information content (AvgIpc) is 2.62. The number of rotatable bonds is 3. The van der Waals surface area contributed by atoms with Gasteiger partial charge in [-0.3, -0.25) is 9.59 Å². The van der Waals surface area contributed by atoms with E-state index in [9.17, 15) is 18.0 Å². The van der Waals surface area contributed by atoms with Crippen molar-refractivity contribution in [2.45, 2.75) is 17.9 Å². The molecule has 1 aromatic carbocycles. The molecule has 1 aromatic rings. The number of nitrogens with one attached hydrogen (secondary N) is 1. The van der Waals surface area contributed by atoms with Gasteiger partial charge in [0.15, 0.2) is 0 Å². The summed E-state index contributed by atoms with van der Waals surface area (Å²) >= 11 is 0. The highest BCUT2D eigenvalue weighted by Gasteiger charge is 2.30. The molecule has 2 fully saturated rings. The molecule has 0 radical (unpaired) electrons. The Labute approximate surface area is 146 Å². The second kappa shape index (κ2) is 7.11. The summed E-state index contributed by atoms with van der Waals surface area (Å²) in [6.45, 7) is 3.77. The van der Waals surface area contributed by atoms with E-state index in [1.807, 2.05) is 6.92 Å². The fourth-order valence-electron chi connectivity index (χ4n) is 2.93. The van der Waals surface area contributed by atoms with E-state index in [-0.39, 0.29) is 35.8 Å². The summed E-state index contributed by atoms with van der Waals surface area (Å²) in [5.74, 6) is -0.458. The largest absolute Gasteiger partial charge is 0.377 e. The molecule has 0 aromatic heterocycles. The zero-order chi connectivity index (χ0) is 18.0. The summed E-state index contributed by atoms with van der Waals surface area (Å²) in [5.41, 5.74) is 0.434. The molecule has 1 atom stereocenters. The maximum absolute atomic E-state index is 12.6. The van der Waals surface area contributed by atoms with Gasteiger partial charge in [-0.05, 0) is 31.2 Å². The van der Waals surface area contributed by atoms with Gasteiger partial charge in [-0.15, -0.1) is 0 Å². The molecule has 136 valence electrons. The van der Waals surface area contributed by atoms with E-state index < -0.39 is 10.0 Å². The third kappa shape index (κ3) is 3.68. The van der Waals surface area contributed by atoms with E-state index >= 15 is 0 Å². The Morgan fingerprint density at radius 2 is 1.96 bits per heavy atom. The van der Waals surface area contributed by atoms with Crippen LogP contribution in [0, 0.1) is 0 Å². The molecule has 8 nitrogen and oxygen atoms in total. The number of ether oxygens (including phenoxy) is 1. The molecule has 0 saturated carbocycles. The van der Waals surface area contributed by atoms with Crippen LogP contribution in [0.25, 0.3) is 0 Å². The first-order valence-corrected chi connectivity index (χ1v) is 9.59. The minimum atomic E-state index is -3.75. The quantitative estimate of drug-likeness (QED) is 0.789. The molecule has 2 aliphatic heterocycles. The summed E-state index contributed by atoms with van der Waals surface area (Å²) in [6.07, 6.45) is 0. The summed E-state index contributed by atoms with van der Waals surface area (Å²) in [6, 6.07) is 5.85. The Kier molecular flexibility index (Phi) is 5.07. The van der Waals surface area contributed by atoms with Gasteiger partial charge in [0.1, 0.15) is 0 Å². The number of nitrogens with zero attached hydrogens (tertiary/aromatic N) is 2. The molecule has 2 heterocycles. The minimum Gasteiger partial charge on any atom is -0.377 e. The Balaban J connectivity index is 1.77. The number of piperazine rings is 1. The molecular formula is C16H21N3O5S. The first-order chi connectivity index (χ1) is 11.9. The molecule has 3 rings (SSSR count). The van der Waals surface area contributed by atoms with Crippen LogP contribution in [0.1, 0.15) is 17.3 Å². The van der Waals surface area contributed by atoms with E-state index in [2.05, 4.69) is 5.32 Å². The number of morpholine rings is 1. The lowest BCUT2D eigenvalue weighted by atomic mass is 10.1. The van der Waals surface area contributed by atoms with Gasteiger partial charge in [-0.2, -0.15) is 4.31 Å². The van der Waals surface area contributed by atoms with Crippen LogP contribution in [0.5, 0.6) is 0 Å². The molecule has 2 aliphatic rings. The topological polar surface area (TPSA) is 96.0 Å². The molecule has 2 saturated heterocycles. The van der Waals surface area contributed by atoms with Crippen LogP contribution in [0.2, 0.25) is 0 Å². The Morgan fingerprint density at radius 1 is 1.24 bits per heavy atom.